The fourth-order valence-electron chi connectivity index (χ4n) is 3.40. The fraction of sp³-hybridized carbons (Fsp3) is 0.0400. The van der Waals surface area contributed by atoms with Gasteiger partial charge in [0.2, 0.25) is 0 Å². The average molecular weight is 408 g/mol. The van der Waals surface area contributed by atoms with E-state index in [0.29, 0.717) is 10.9 Å². The third kappa shape index (κ3) is 3.61. The van der Waals surface area contributed by atoms with Gasteiger partial charge in [0.05, 0.1) is 11.1 Å². The zero-order valence-corrected chi connectivity index (χ0v) is 16.2. The molecule has 0 bridgehead atoms. The van der Waals surface area contributed by atoms with Crippen molar-refractivity contribution < 1.29 is 19.4 Å². The second-order valence-corrected chi connectivity index (χ2v) is 6.81. The molecule has 150 valence electrons. The van der Waals surface area contributed by atoms with Gasteiger partial charge in [-0.3, -0.25) is 4.98 Å². The Balaban J connectivity index is 1.94. The molecule has 0 spiro atoms. The summed E-state index contributed by atoms with van der Waals surface area (Å²) in [5, 5.41) is 21.0. The third-order valence-electron chi connectivity index (χ3n) is 4.96. The molecule has 0 amide bonds. The number of esters is 1. The van der Waals surface area contributed by atoms with Crippen molar-refractivity contribution in [1.29, 1.82) is 5.26 Å². The molecule has 1 heterocycles. The third-order valence-corrected chi connectivity index (χ3v) is 4.96. The lowest BCUT2D eigenvalue weighted by Crippen LogP contribution is -2.34. The van der Waals surface area contributed by atoms with Crippen molar-refractivity contribution in [3.8, 4) is 6.07 Å². The quantitative estimate of drug-likeness (QED) is 0.486. The van der Waals surface area contributed by atoms with Crippen LogP contribution in [-0.4, -0.2) is 22.0 Å². The molecule has 1 N–H and O–H groups in total. The summed E-state index contributed by atoms with van der Waals surface area (Å²) < 4.78 is 5.84. The molecule has 1 unspecified atom stereocenters. The molecule has 0 saturated carbocycles. The second kappa shape index (κ2) is 8.09. The number of hydrogen-bond donors (Lipinski definition) is 1. The van der Waals surface area contributed by atoms with Crippen LogP contribution in [-0.2, 0) is 10.3 Å². The van der Waals surface area contributed by atoms with Crippen molar-refractivity contribution in [3.63, 3.8) is 0 Å². The van der Waals surface area contributed by atoms with Crippen molar-refractivity contribution in [1.82, 2.24) is 4.98 Å². The molecular formula is C25H16N2O4. The summed E-state index contributed by atoms with van der Waals surface area (Å²) in [6.45, 7) is 0. The van der Waals surface area contributed by atoms with Crippen LogP contribution in [0.25, 0.3) is 10.8 Å². The number of carboxylic acids is 1. The monoisotopic (exact) mass is 408 g/mol. The van der Waals surface area contributed by atoms with Crippen LogP contribution in [0.5, 0.6) is 0 Å². The molecule has 0 radical (unpaired) electrons. The number of nitriles is 1. The number of hydrogen-bond acceptors (Lipinski definition) is 5. The van der Waals surface area contributed by atoms with Gasteiger partial charge in [0, 0.05) is 17.1 Å². The first-order chi connectivity index (χ1) is 15.0. The number of carbonyl (C=O) groups excluding carboxylic acids is 1. The minimum atomic E-state index is -1.88. The van der Waals surface area contributed by atoms with Crippen molar-refractivity contribution in [2.75, 3.05) is 0 Å². The molecule has 0 aliphatic carbocycles. The van der Waals surface area contributed by atoms with Gasteiger partial charge in [-0.25, -0.2) is 9.59 Å². The largest absolute Gasteiger partial charge is 0.478 e. The van der Waals surface area contributed by atoms with Crippen LogP contribution >= 0.6 is 0 Å². The van der Waals surface area contributed by atoms with E-state index in [2.05, 4.69) is 11.1 Å². The first kappa shape index (κ1) is 19.8. The van der Waals surface area contributed by atoms with Gasteiger partial charge in [0.15, 0.2) is 0 Å². The molecule has 1 aromatic heterocycles. The Morgan fingerprint density at radius 2 is 1.55 bits per heavy atom. The SMILES string of the molecule is N#CC(OC(=O)c1ccccc1)(c1ccc(C(=O)O)cc1)c1nccc2ccccc12. The first-order valence-corrected chi connectivity index (χ1v) is 9.43. The number of nitrogens with zero attached hydrogens (tertiary/aromatic N) is 2. The van der Waals surface area contributed by atoms with Crippen molar-refractivity contribution >= 4 is 22.7 Å². The van der Waals surface area contributed by atoms with Crippen LogP contribution in [0.15, 0.2) is 91.1 Å². The number of fused-ring (bicyclic) bond motifs is 1. The van der Waals surface area contributed by atoms with E-state index in [0.717, 1.165) is 5.39 Å². The Bertz CT molecular complexity index is 1310. The van der Waals surface area contributed by atoms with Crippen LogP contribution in [0.1, 0.15) is 32.0 Å². The number of pyridine rings is 1. The van der Waals surface area contributed by atoms with Gasteiger partial charge in [0.25, 0.3) is 5.60 Å². The van der Waals surface area contributed by atoms with Gasteiger partial charge in [-0.15, -0.1) is 0 Å². The summed E-state index contributed by atoms with van der Waals surface area (Å²) >= 11 is 0. The molecule has 0 fully saturated rings. The molecule has 6 nitrogen and oxygen atoms in total. The fourth-order valence-corrected chi connectivity index (χ4v) is 3.40. The number of carboxylic acid groups (broad SMARTS) is 1. The van der Waals surface area contributed by atoms with E-state index in [1.54, 1.807) is 48.7 Å². The Labute approximate surface area is 178 Å². The molecule has 4 aromatic rings. The predicted molar refractivity (Wildman–Crippen MR) is 113 cm³/mol. The topological polar surface area (TPSA) is 100 Å². The average Bonchev–Trinajstić information content (AvgIpc) is 2.83. The molecule has 31 heavy (non-hydrogen) atoms. The summed E-state index contributed by atoms with van der Waals surface area (Å²) in [6.07, 6.45) is 1.55. The zero-order chi connectivity index (χ0) is 21.8. The van der Waals surface area contributed by atoms with Crippen LogP contribution in [0.4, 0.5) is 0 Å². The van der Waals surface area contributed by atoms with E-state index in [1.165, 1.54) is 24.3 Å². The summed E-state index contributed by atoms with van der Waals surface area (Å²) in [5.74, 6) is -1.79. The molecule has 1 atom stereocenters. The van der Waals surface area contributed by atoms with Gasteiger partial charge in [-0.2, -0.15) is 5.26 Å². The number of ether oxygens (including phenoxy) is 1. The van der Waals surface area contributed by atoms with Gasteiger partial charge < -0.3 is 9.84 Å². The van der Waals surface area contributed by atoms with E-state index in [-0.39, 0.29) is 16.8 Å². The number of rotatable bonds is 5. The van der Waals surface area contributed by atoms with Crippen molar-refractivity contribution in [3.05, 3.63) is 114 Å². The lowest BCUT2D eigenvalue weighted by molar-refractivity contribution is 0.0184. The van der Waals surface area contributed by atoms with E-state index < -0.39 is 17.5 Å². The zero-order valence-electron chi connectivity index (χ0n) is 16.2. The Morgan fingerprint density at radius 3 is 2.23 bits per heavy atom. The first-order valence-electron chi connectivity index (χ1n) is 9.43. The predicted octanol–water partition coefficient (Wildman–Crippen LogP) is 4.56. The summed E-state index contributed by atoms with van der Waals surface area (Å²) in [5.41, 5.74) is -1.00. The van der Waals surface area contributed by atoms with Crippen molar-refractivity contribution in [2.45, 2.75) is 5.60 Å². The van der Waals surface area contributed by atoms with Gasteiger partial charge >= 0.3 is 11.9 Å². The molecule has 0 aliphatic rings. The Morgan fingerprint density at radius 1 is 0.871 bits per heavy atom. The van der Waals surface area contributed by atoms with Gasteiger partial charge in [-0.1, -0.05) is 54.6 Å². The normalized spacial score (nSPS) is 12.5. The second-order valence-electron chi connectivity index (χ2n) is 6.81. The molecule has 0 aliphatic heterocycles. The maximum atomic E-state index is 13.0. The smallest absolute Gasteiger partial charge is 0.340 e. The van der Waals surface area contributed by atoms with E-state index in [9.17, 15) is 20.0 Å². The lowest BCUT2D eigenvalue weighted by Gasteiger charge is -2.28. The number of carbonyl (C=O) groups is 2. The van der Waals surface area contributed by atoms with Crippen LogP contribution in [0.3, 0.4) is 0 Å². The maximum absolute atomic E-state index is 13.0. The highest BCUT2D eigenvalue weighted by molar-refractivity contribution is 5.92. The number of benzene rings is 3. The highest BCUT2D eigenvalue weighted by atomic mass is 16.6. The highest BCUT2D eigenvalue weighted by Gasteiger charge is 2.42. The van der Waals surface area contributed by atoms with Crippen LogP contribution < -0.4 is 0 Å². The molecular weight excluding hydrogens is 392 g/mol. The van der Waals surface area contributed by atoms with Crippen LogP contribution in [0, 0.1) is 11.3 Å². The van der Waals surface area contributed by atoms with Gasteiger partial charge in [-0.05, 0) is 35.7 Å². The molecule has 4 rings (SSSR count). The number of aromatic carboxylic acids is 1. The summed E-state index contributed by atoms with van der Waals surface area (Å²) in [4.78, 5) is 28.7. The minimum Gasteiger partial charge on any atom is -0.478 e. The number of aromatic nitrogens is 1. The van der Waals surface area contributed by atoms with E-state index >= 15 is 0 Å². The highest BCUT2D eigenvalue weighted by Crippen LogP contribution is 2.37. The Kier molecular flexibility index (Phi) is 5.17. The maximum Gasteiger partial charge on any atom is 0.340 e. The van der Waals surface area contributed by atoms with E-state index in [4.69, 9.17) is 4.74 Å². The van der Waals surface area contributed by atoms with Crippen molar-refractivity contribution in [2.24, 2.45) is 0 Å². The summed E-state index contributed by atoms with van der Waals surface area (Å²) in [6, 6.07) is 25.3. The lowest BCUT2D eigenvalue weighted by atomic mass is 9.87. The minimum absolute atomic E-state index is 0.0517. The molecule has 3 aromatic carbocycles. The van der Waals surface area contributed by atoms with Gasteiger partial charge in [0.1, 0.15) is 11.8 Å². The standard InChI is InChI=1S/C25H16N2O4/c26-16-25(20-12-10-18(11-13-20)23(28)29,31-24(30)19-7-2-1-3-8-19)22-21-9-5-4-6-17(21)14-15-27-22/h1-15H,(H,28,29). The van der Waals surface area contributed by atoms with Crippen LogP contribution in [0.2, 0.25) is 0 Å². The summed E-state index contributed by atoms with van der Waals surface area (Å²) in [7, 11) is 0. The van der Waals surface area contributed by atoms with E-state index in [1.807, 2.05) is 18.2 Å². The molecule has 0 saturated heterocycles. The molecule has 6 heteroatoms. The Hall–Kier alpha value is -4.50.